The third-order valence-electron chi connectivity index (χ3n) is 3.82. The number of allylic oxidation sites excluding steroid dienone is 1. The number of carbonyl (C=O) groups excluding carboxylic acids is 1. The zero-order valence-electron chi connectivity index (χ0n) is 14.1. The smallest absolute Gasteiger partial charge is 0.288 e. The van der Waals surface area contributed by atoms with Gasteiger partial charge in [0.1, 0.15) is 30.1 Å². The van der Waals surface area contributed by atoms with Crippen molar-refractivity contribution in [2.45, 2.75) is 19.1 Å². The highest BCUT2D eigenvalue weighted by Gasteiger charge is 2.32. The SMILES string of the molecule is C[C@@]1(c2cc(NC(=O)c3coc(CF)n3)ccc2F)C=C(CF)OC(N)=N1. The third kappa shape index (κ3) is 3.78. The summed E-state index contributed by atoms with van der Waals surface area (Å²) in [5.74, 6) is -1.63. The molecule has 0 saturated heterocycles. The van der Waals surface area contributed by atoms with Gasteiger partial charge in [0.15, 0.2) is 12.4 Å². The number of halogens is 3. The largest absolute Gasteiger partial charge is 0.445 e. The first-order chi connectivity index (χ1) is 12.8. The van der Waals surface area contributed by atoms with E-state index in [1.54, 1.807) is 0 Å². The van der Waals surface area contributed by atoms with Crippen LogP contribution in [0.3, 0.4) is 0 Å². The van der Waals surface area contributed by atoms with Gasteiger partial charge in [0.25, 0.3) is 11.9 Å². The number of anilines is 1. The van der Waals surface area contributed by atoms with E-state index in [0.29, 0.717) is 0 Å². The Balaban J connectivity index is 1.91. The quantitative estimate of drug-likeness (QED) is 0.830. The molecule has 0 unspecified atom stereocenters. The molecule has 3 N–H and O–H groups in total. The van der Waals surface area contributed by atoms with Crippen molar-refractivity contribution in [1.82, 2.24) is 4.98 Å². The Morgan fingerprint density at radius 1 is 1.33 bits per heavy atom. The van der Waals surface area contributed by atoms with Crippen LogP contribution in [0.2, 0.25) is 0 Å². The normalized spacial score (nSPS) is 19.1. The molecule has 0 saturated carbocycles. The average molecular weight is 380 g/mol. The van der Waals surface area contributed by atoms with Crippen molar-refractivity contribution in [1.29, 1.82) is 0 Å². The van der Waals surface area contributed by atoms with Crippen LogP contribution in [0.4, 0.5) is 18.9 Å². The van der Waals surface area contributed by atoms with E-state index in [1.165, 1.54) is 25.1 Å². The Bertz CT molecular complexity index is 941. The van der Waals surface area contributed by atoms with Gasteiger partial charge >= 0.3 is 0 Å². The molecule has 7 nitrogen and oxygen atoms in total. The number of amidine groups is 1. The van der Waals surface area contributed by atoms with Gasteiger partial charge in [-0.25, -0.2) is 23.1 Å². The maximum absolute atomic E-state index is 14.4. The van der Waals surface area contributed by atoms with Crippen molar-refractivity contribution >= 4 is 17.6 Å². The second kappa shape index (κ2) is 7.14. The number of hydrogen-bond donors (Lipinski definition) is 2. The summed E-state index contributed by atoms with van der Waals surface area (Å²) in [4.78, 5) is 19.9. The van der Waals surface area contributed by atoms with Crippen LogP contribution in [-0.2, 0) is 17.0 Å². The molecule has 1 aliphatic rings. The highest BCUT2D eigenvalue weighted by molar-refractivity contribution is 6.02. The van der Waals surface area contributed by atoms with Crippen LogP contribution in [0.5, 0.6) is 0 Å². The van der Waals surface area contributed by atoms with Gasteiger partial charge in [-0.1, -0.05) is 0 Å². The van der Waals surface area contributed by atoms with Gasteiger partial charge in [0.05, 0.1) is 0 Å². The van der Waals surface area contributed by atoms with Crippen LogP contribution in [-0.4, -0.2) is 23.6 Å². The molecule has 27 heavy (non-hydrogen) atoms. The van der Waals surface area contributed by atoms with Crippen LogP contribution in [0.25, 0.3) is 0 Å². The molecule has 1 aliphatic heterocycles. The summed E-state index contributed by atoms with van der Waals surface area (Å²) in [6.07, 6.45) is 2.31. The predicted molar refractivity (Wildman–Crippen MR) is 89.8 cm³/mol. The lowest BCUT2D eigenvalue weighted by atomic mass is 9.90. The van der Waals surface area contributed by atoms with Gasteiger partial charge in [-0.05, 0) is 31.2 Å². The van der Waals surface area contributed by atoms with Gasteiger partial charge < -0.3 is 20.2 Å². The number of rotatable bonds is 5. The van der Waals surface area contributed by atoms with E-state index in [4.69, 9.17) is 14.9 Å². The van der Waals surface area contributed by atoms with Crippen LogP contribution in [0.1, 0.15) is 28.9 Å². The van der Waals surface area contributed by atoms with Gasteiger partial charge in [0.2, 0.25) is 5.89 Å². The van der Waals surface area contributed by atoms with E-state index in [1.807, 2.05) is 0 Å². The first kappa shape index (κ1) is 18.5. The Morgan fingerprint density at radius 3 is 2.78 bits per heavy atom. The lowest BCUT2D eigenvalue weighted by Gasteiger charge is -2.28. The second-order valence-electron chi connectivity index (χ2n) is 5.85. The minimum absolute atomic E-state index is 0.0436. The number of benzene rings is 1. The monoisotopic (exact) mass is 380 g/mol. The topological polar surface area (TPSA) is 103 Å². The maximum atomic E-state index is 14.4. The molecular formula is C17H15F3N4O3. The van der Waals surface area contributed by atoms with Crippen molar-refractivity contribution in [2.24, 2.45) is 10.7 Å². The lowest BCUT2D eigenvalue weighted by Crippen LogP contribution is -2.31. The summed E-state index contributed by atoms with van der Waals surface area (Å²) >= 11 is 0. The summed E-state index contributed by atoms with van der Waals surface area (Å²) < 4.78 is 49.6. The van der Waals surface area contributed by atoms with Crippen LogP contribution in [0, 0.1) is 5.82 Å². The summed E-state index contributed by atoms with van der Waals surface area (Å²) in [5.41, 5.74) is 4.36. The molecule has 2 heterocycles. The van der Waals surface area contributed by atoms with E-state index in [-0.39, 0.29) is 34.6 Å². The van der Waals surface area contributed by atoms with Crippen LogP contribution >= 0.6 is 0 Å². The fourth-order valence-corrected chi connectivity index (χ4v) is 2.63. The third-order valence-corrected chi connectivity index (χ3v) is 3.82. The number of aromatic nitrogens is 1. The number of aliphatic imine (C=N–C) groups is 1. The second-order valence-corrected chi connectivity index (χ2v) is 5.85. The molecule has 1 amide bonds. The molecule has 1 aromatic carbocycles. The summed E-state index contributed by atoms with van der Waals surface area (Å²) in [5, 5.41) is 2.50. The number of nitrogens with two attached hydrogens (primary N) is 1. The number of alkyl halides is 2. The van der Waals surface area contributed by atoms with Crippen LogP contribution in [0.15, 0.2) is 45.7 Å². The van der Waals surface area contributed by atoms with E-state index in [0.717, 1.165) is 12.3 Å². The van der Waals surface area contributed by atoms with Crippen molar-refractivity contribution < 1.29 is 27.1 Å². The predicted octanol–water partition coefficient (Wildman–Crippen LogP) is 2.95. The molecule has 1 aromatic heterocycles. The molecule has 1 atom stereocenters. The van der Waals surface area contributed by atoms with Gasteiger partial charge in [0, 0.05) is 11.3 Å². The number of nitrogens with one attached hydrogen (secondary N) is 1. The van der Waals surface area contributed by atoms with Gasteiger partial charge in [-0.3, -0.25) is 4.79 Å². The van der Waals surface area contributed by atoms with E-state index >= 15 is 0 Å². The zero-order valence-corrected chi connectivity index (χ0v) is 14.1. The molecule has 3 rings (SSSR count). The lowest BCUT2D eigenvalue weighted by molar-refractivity contribution is 0.102. The summed E-state index contributed by atoms with van der Waals surface area (Å²) in [6, 6.07) is 3.47. The highest BCUT2D eigenvalue weighted by Crippen LogP contribution is 2.35. The summed E-state index contributed by atoms with van der Waals surface area (Å²) in [6.45, 7) is -0.364. The molecule has 0 aliphatic carbocycles. The molecule has 10 heteroatoms. The van der Waals surface area contributed by atoms with Gasteiger partial charge in [-0.2, -0.15) is 0 Å². The fraction of sp³-hybridized carbons (Fsp3) is 0.235. The number of hydrogen-bond acceptors (Lipinski definition) is 6. The van der Waals surface area contributed by atoms with Crippen molar-refractivity contribution in [3.8, 4) is 0 Å². The standard InChI is InChI=1S/C17H15F3N4O3/c1-17(5-10(6-18)27-16(21)24-17)11-4-9(2-3-12(11)20)22-15(25)13-8-26-14(7-19)23-13/h2-5,8H,6-7H2,1H3,(H2,21,24)(H,22,25)/t17-/m0/s1. The Labute approximate surface area is 151 Å². The zero-order chi connectivity index (χ0) is 19.6. The van der Waals surface area contributed by atoms with E-state index in [2.05, 4.69) is 15.3 Å². The van der Waals surface area contributed by atoms with E-state index in [9.17, 15) is 18.0 Å². The average Bonchev–Trinajstić information content (AvgIpc) is 3.11. The van der Waals surface area contributed by atoms with Crippen LogP contribution < -0.4 is 11.1 Å². The summed E-state index contributed by atoms with van der Waals surface area (Å²) in [7, 11) is 0. The number of oxazole rings is 1. The number of carbonyl (C=O) groups is 1. The fourth-order valence-electron chi connectivity index (χ4n) is 2.63. The molecule has 0 spiro atoms. The number of amides is 1. The highest BCUT2D eigenvalue weighted by atomic mass is 19.1. The first-order valence-corrected chi connectivity index (χ1v) is 7.77. The van der Waals surface area contributed by atoms with Crippen molar-refractivity contribution in [3.63, 3.8) is 0 Å². The maximum Gasteiger partial charge on any atom is 0.288 e. The Kier molecular flexibility index (Phi) is 4.89. The number of nitrogens with zero attached hydrogens (tertiary/aromatic N) is 2. The Morgan fingerprint density at radius 2 is 2.11 bits per heavy atom. The Hall–Kier alpha value is -3.30. The van der Waals surface area contributed by atoms with Gasteiger partial charge in [-0.15, -0.1) is 0 Å². The molecular weight excluding hydrogens is 365 g/mol. The molecule has 0 fully saturated rings. The molecule has 0 bridgehead atoms. The van der Waals surface area contributed by atoms with Crippen molar-refractivity contribution in [2.75, 3.05) is 12.0 Å². The van der Waals surface area contributed by atoms with E-state index < -0.39 is 30.6 Å². The molecule has 142 valence electrons. The minimum Gasteiger partial charge on any atom is -0.445 e. The molecule has 0 radical (unpaired) electrons. The first-order valence-electron chi connectivity index (χ1n) is 7.77. The minimum atomic E-state index is -1.33. The van der Waals surface area contributed by atoms with Crippen molar-refractivity contribution in [3.05, 3.63) is 59.3 Å². The molecule has 2 aromatic rings. The number of ether oxygens (including phenoxy) is 1.